The number of ether oxygens (including phenoxy) is 3. The Hall–Kier alpha value is -1.60. The standard InChI is InChI=1S/C17H12BrClO5/c18-9-3-8-6-22-7-23-16(8)12(4-9)17-15(21)14(20)11-5-10(19)1-2-13(11)24-17/h1-5,15,17,21H,6-7H2. The highest BCUT2D eigenvalue weighted by molar-refractivity contribution is 9.10. The van der Waals surface area contributed by atoms with E-state index >= 15 is 0 Å². The van der Waals surface area contributed by atoms with Gasteiger partial charge in [-0.15, -0.1) is 0 Å². The predicted molar refractivity (Wildman–Crippen MR) is 89.6 cm³/mol. The SMILES string of the molecule is O=C1c2cc(Cl)ccc2OC(c2cc(Br)cc3c2OCOC3)C1O. The minimum absolute atomic E-state index is 0.116. The van der Waals surface area contributed by atoms with Crippen LogP contribution in [-0.2, 0) is 11.3 Å². The third-order valence-electron chi connectivity index (χ3n) is 4.03. The van der Waals surface area contributed by atoms with Gasteiger partial charge in [0.05, 0.1) is 12.2 Å². The molecule has 1 N–H and O–H groups in total. The van der Waals surface area contributed by atoms with E-state index in [0.29, 0.717) is 28.7 Å². The van der Waals surface area contributed by atoms with Gasteiger partial charge in [0.1, 0.15) is 11.5 Å². The second-order valence-corrected chi connectivity index (χ2v) is 6.93. The molecule has 4 rings (SSSR count). The maximum absolute atomic E-state index is 12.5. The van der Waals surface area contributed by atoms with E-state index in [4.69, 9.17) is 25.8 Å². The minimum atomic E-state index is -1.35. The molecule has 2 atom stereocenters. The number of halogens is 2. The molecule has 2 unspecified atom stereocenters. The molecule has 24 heavy (non-hydrogen) atoms. The van der Waals surface area contributed by atoms with Crippen molar-refractivity contribution in [2.75, 3.05) is 6.79 Å². The van der Waals surface area contributed by atoms with Crippen LogP contribution in [0.2, 0.25) is 5.02 Å². The Morgan fingerprint density at radius 3 is 2.92 bits per heavy atom. The van der Waals surface area contributed by atoms with Gasteiger partial charge in [0.2, 0.25) is 0 Å². The number of benzene rings is 2. The summed E-state index contributed by atoms with van der Waals surface area (Å²) in [6, 6.07) is 8.43. The Kier molecular flexibility index (Phi) is 4.00. The van der Waals surface area contributed by atoms with Crippen LogP contribution in [0.25, 0.3) is 0 Å². The van der Waals surface area contributed by atoms with Crippen molar-refractivity contribution in [2.24, 2.45) is 0 Å². The van der Waals surface area contributed by atoms with Crippen molar-refractivity contribution in [2.45, 2.75) is 18.8 Å². The van der Waals surface area contributed by atoms with Crippen LogP contribution >= 0.6 is 27.5 Å². The van der Waals surface area contributed by atoms with E-state index in [1.54, 1.807) is 18.2 Å². The number of carbonyl (C=O) groups excluding carboxylic acids is 1. The molecule has 2 aromatic carbocycles. The number of aliphatic hydroxyl groups is 1. The van der Waals surface area contributed by atoms with E-state index < -0.39 is 18.0 Å². The maximum atomic E-state index is 12.5. The summed E-state index contributed by atoms with van der Waals surface area (Å²) >= 11 is 9.36. The molecular weight excluding hydrogens is 400 g/mol. The lowest BCUT2D eigenvalue weighted by molar-refractivity contribution is -0.0214. The van der Waals surface area contributed by atoms with E-state index in [2.05, 4.69) is 15.9 Å². The van der Waals surface area contributed by atoms with Gasteiger partial charge in [0.25, 0.3) is 0 Å². The Bertz CT molecular complexity index is 838. The van der Waals surface area contributed by atoms with E-state index in [1.807, 2.05) is 6.07 Å². The summed E-state index contributed by atoms with van der Waals surface area (Å²) in [5.74, 6) is 0.545. The Morgan fingerprint density at radius 2 is 2.08 bits per heavy atom. The van der Waals surface area contributed by atoms with Crippen molar-refractivity contribution in [3.8, 4) is 11.5 Å². The number of ketones is 1. The Labute approximate surface area is 151 Å². The molecule has 0 saturated carbocycles. The zero-order chi connectivity index (χ0) is 16.8. The van der Waals surface area contributed by atoms with Gasteiger partial charge < -0.3 is 19.3 Å². The second-order valence-electron chi connectivity index (χ2n) is 5.58. The summed E-state index contributed by atoms with van der Waals surface area (Å²) in [7, 11) is 0. The van der Waals surface area contributed by atoms with E-state index in [-0.39, 0.29) is 12.4 Å². The lowest BCUT2D eigenvalue weighted by Gasteiger charge is -2.32. The summed E-state index contributed by atoms with van der Waals surface area (Å²) in [5.41, 5.74) is 1.71. The summed E-state index contributed by atoms with van der Waals surface area (Å²) in [6.07, 6.45) is -2.21. The summed E-state index contributed by atoms with van der Waals surface area (Å²) < 4.78 is 17.6. The largest absolute Gasteiger partial charge is 0.482 e. The molecule has 0 amide bonds. The normalized spacial score (nSPS) is 22.2. The highest BCUT2D eigenvalue weighted by Gasteiger charge is 2.39. The van der Waals surface area contributed by atoms with Gasteiger partial charge in [-0.05, 0) is 30.3 Å². The number of Topliss-reactive ketones (excluding diaryl/α,β-unsaturated/α-hetero) is 1. The molecule has 2 aromatic rings. The third kappa shape index (κ3) is 2.59. The number of hydrogen-bond acceptors (Lipinski definition) is 5. The molecule has 7 heteroatoms. The fourth-order valence-electron chi connectivity index (χ4n) is 2.95. The average molecular weight is 412 g/mol. The quantitative estimate of drug-likeness (QED) is 0.776. The average Bonchev–Trinajstić information content (AvgIpc) is 2.58. The van der Waals surface area contributed by atoms with Crippen molar-refractivity contribution >= 4 is 33.3 Å². The van der Waals surface area contributed by atoms with Crippen molar-refractivity contribution in [1.82, 2.24) is 0 Å². The third-order valence-corrected chi connectivity index (χ3v) is 4.72. The van der Waals surface area contributed by atoms with Crippen LogP contribution in [0, 0.1) is 0 Å². The van der Waals surface area contributed by atoms with Gasteiger partial charge >= 0.3 is 0 Å². The van der Waals surface area contributed by atoms with Crippen LogP contribution in [0.4, 0.5) is 0 Å². The summed E-state index contributed by atoms with van der Waals surface area (Å²) in [5, 5.41) is 10.9. The van der Waals surface area contributed by atoms with E-state index in [0.717, 1.165) is 10.0 Å². The number of carbonyl (C=O) groups is 1. The van der Waals surface area contributed by atoms with Crippen molar-refractivity contribution in [3.05, 3.63) is 56.5 Å². The van der Waals surface area contributed by atoms with Gasteiger partial charge in [-0.25, -0.2) is 0 Å². The second kappa shape index (κ2) is 6.04. The molecule has 2 heterocycles. The van der Waals surface area contributed by atoms with Crippen molar-refractivity contribution in [1.29, 1.82) is 0 Å². The van der Waals surface area contributed by atoms with Gasteiger partial charge in [-0.2, -0.15) is 0 Å². The molecule has 2 aliphatic rings. The molecule has 124 valence electrons. The summed E-state index contributed by atoms with van der Waals surface area (Å²) in [4.78, 5) is 12.5. The first-order valence-electron chi connectivity index (χ1n) is 7.26. The molecule has 0 spiro atoms. The first-order valence-corrected chi connectivity index (χ1v) is 8.43. The predicted octanol–water partition coefficient (Wildman–Crippen LogP) is 3.65. The fraction of sp³-hybridized carbons (Fsp3) is 0.235. The van der Waals surface area contributed by atoms with Gasteiger partial charge in [-0.3, -0.25) is 4.79 Å². The molecule has 5 nitrogen and oxygen atoms in total. The van der Waals surface area contributed by atoms with E-state index in [1.165, 1.54) is 6.07 Å². The van der Waals surface area contributed by atoms with Gasteiger partial charge in [0, 0.05) is 20.6 Å². The van der Waals surface area contributed by atoms with Crippen LogP contribution in [0.3, 0.4) is 0 Å². The van der Waals surface area contributed by atoms with Crippen LogP contribution in [0.5, 0.6) is 11.5 Å². The molecule has 0 aliphatic carbocycles. The number of aliphatic hydroxyl groups excluding tert-OH is 1. The van der Waals surface area contributed by atoms with E-state index in [9.17, 15) is 9.90 Å². The number of fused-ring (bicyclic) bond motifs is 2. The highest BCUT2D eigenvalue weighted by atomic mass is 79.9. The zero-order valence-electron chi connectivity index (χ0n) is 12.3. The maximum Gasteiger partial charge on any atom is 0.199 e. The Balaban J connectivity index is 1.82. The lowest BCUT2D eigenvalue weighted by atomic mass is 9.92. The van der Waals surface area contributed by atoms with Crippen LogP contribution in [-0.4, -0.2) is 23.8 Å². The number of rotatable bonds is 1. The van der Waals surface area contributed by atoms with Gasteiger partial charge in [-0.1, -0.05) is 27.5 Å². The highest BCUT2D eigenvalue weighted by Crippen LogP contribution is 2.42. The molecule has 2 aliphatic heterocycles. The van der Waals surface area contributed by atoms with Crippen molar-refractivity contribution in [3.63, 3.8) is 0 Å². The first kappa shape index (κ1) is 15.9. The minimum Gasteiger partial charge on any atom is -0.482 e. The lowest BCUT2D eigenvalue weighted by Crippen LogP contribution is -2.36. The van der Waals surface area contributed by atoms with Crippen LogP contribution in [0.1, 0.15) is 27.6 Å². The Morgan fingerprint density at radius 1 is 1.25 bits per heavy atom. The fourth-order valence-corrected chi connectivity index (χ4v) is 3.64. The molecule has 0 bridgehead atoms. The first-order chi connectivity index (χ1) is 11.5. The smallest absolute Gasteiger partial charge is 0.199 e. The molecule has 0 aromatic heterocycles. The number of hydrogen-bond donors (Lipinski definition) is 1. The molecular formula is C17H12BrClO5. The molecule has 0 saturated heterocycles. The monoisotopic (exact) mass is 410 g/mol. The van der Waals surface area contributed by atoms with Crippen LogP contribution < -0.4 is 9.47 Å². The molecule has 0 radical (unpaired) electrons. The van der Waals surface area contributed by atoms with Crippen LogP contribution in [0.15, 0.2) is 34.8 Å². The topological polar surface area (TPSA) is 65.0 Å². The van der Waals surface area contributed by atoms with Gasteiger partial charge in [0.15, 0.2) is 24.8 Å². The van der Waals surface area contributed by atoms with Crippen molar-refractivity contribution < 1.29 is 24.1 Å². The molecule has 0 fully saturated rings. The zero-order valence-corrected chi connectivity index (χ0v) is 14.6. The summed E-state index contributed by atoms with van der Waals surface area (Å²) in [6.45, 7) is 0.509.